The molecule has 2 rings (SSSR count). The highest BCUT2D eigenvalue weighted by Crippen LogP contribution is 2.11. The summed E-state index contributed by atoms with van der Waals surface area (Å²) in [5, 5.41) is 3.31. The van der Waals surface area contributed by atoms with E-state index in [-0.39, 0.29) is 0 Å². The highest BCUT2D eigenvalue weighted by atomic mass is 16.5. The summed E-state index contributed by atoms with van der Waals surface area (Å²) in [7, 11) is 1.66. The Bertz CT molecular complexity index is 359. The average Bonchev–Trinajstić information content (AvgIpc) is 2.59. The maximum atomic E-state index is 5.09. The lowest BCUT2D eigenvalue weighted by Crippen LogP contribution is -2.19. The molecule has 0 aliphatic carbocycles. The fraction of sp³-hybridized carbons (Fsp3) is 0.500. The molecule has 0 radical (unpaired) electrons. The molecule has 0 fully saturated rings. The number of nitrogens with one attached hydrogen (secondary N) is 2. The van der Waals surface area contributed by atoms with E-state index in [2.05, 4.69) is 15.3 Å². The van der Waals surface area contributed by atoms with Crippen molar-refractivity contribution in [1.29, 1.82) is 0 Å². The standard InChI is InChI=1S/C12H17N3O/c1-16-10-6-7-12(14-9-10)15-11-5-3-2-4-8-13-11/h6-7,9H,2-5,8H2,1H3,(H,13,14,15)/p+1. The van der Waals surface area contributed by atoms with Gasteiger partial charge in [-0.15, -0.1) is 0 Å². The molecule has 1 aromatic heterocycles. The Hall–Kier alpha value is -1.58. The molecule has 0 bridgehead atoms. The Morgan fingerprint density at radius 3 is 3.00 bits per heavy atom. The zero-order valence-corrected chi connectivity index (χ0v) is 9.62. The van der Waals surface area contributed by atoms with Gasteiger partial charge in [-0.2, -0.15) is 0 Å². The van der Waals surface area contributed by atoms with Crippen LogP contribution in [-0.2, 0) is 0 Å². The number of aliphatic imine (C=N–C) groups is 1. The Labute approximate surface area is 95.8 Å². The van der Waals surface area contributed by atoms with Gasteiger partial charge in [0.25, 0.3) is 5.82 Å². The topological polar surface area (TPSA) is 47.8 Å². The van der Waals surface area contributed by atoms with Gasteiger partial charge in [0.1, 0.15) is 6.20 Å². The van der Waals surface area contributed by atoms with E-state index in [1.54, 1.807) is 7.11 Å². The quantitative estimate of drug-likeness (QED) is 0.827. The van der Waals surface area contributed by atoms with Crippen molar-refractivity contribution in [3.05, 3.63) is 18.3 Å². The number of methoxy groups -OCH3 is 1. The highest BCUT2D eigenvalue weighted by molar-refractivity contribution is 5.94. The summed E-state index contributed by atoms with van der Waals surface area (Å²) < 4.78 is 5.09. The molecule has 0 spiro atoms. The molecule has 2 heterocycles. The zero-order valence-electron chi connectivity index (χ0n) is 9.62. The smallest absolute Gasteiger partial charge is 0.278 e. The van der Waals surface area contributed by atoms with Crippen LogP contribution in [0.1, 0.15) is 25.7 Å². The molecule has 4 nitrogen and oxygen atoms in total. The fourth-order valence-corrected chi connectivity index (χ4v) is 1.75. The number of ether oxygens (including phenoxy) is 1. The first-order valence-corrected chi connectivity index (χ1v) is 5.74. The Kier molecular flexibility index (Phi) is 3.75. The molecule has 0 amide bonds. The number of aromatic amines is 1. The van der Waals surface area contributed by atoms with Gasteiger partial charge in [0.2, 0.25) is 0 Å². The minimum absolute atomic E-state index is 0.827. The van der Waals surface area contributed by atoms with E-state index in [4.69, 9.17) is 4.74 Å². The minimum Gasteiger partial charge on any atom is -0.493 e. The summed E-state index contributed by atoms with van der Waals surface area (Å²) in [6.07, 6.45) is 6.58. The van der Waals surface area contributed by atoms with Crippen molar-refractivity contribution in [3.8, 4) is 5.75 Å². The molecule has 2 N–H and O–H groups in total. The SMILES string of the molecule is COc1ccc(NC2=NCCCCC2)[nH+]c1. The maximum absolute atomic E-state index is 5.09. The lowest BCUT2D eigenvalue weighted by Gasteiger charge is -2.01. The maximum Gasteiger partial charge on any atom is 0.278 e. The third-order valence-corrected chi connectivity index (χ3v) is 2.67. The molecule has 1 aliphatic heterocycles. The molecule has 1 aliphatic rings. The van der Waals surface area contributed by atoms with Crippen LogP contribution < -0.4 is 15.0 Å². The Balaban J connectivity index is 1.99. The van der Waals surface area contributed by atoms with Crippen LogP contribution in [-0.4, -0.2) is 19.5 Å². The number of anilines is 1. The monoisotopic (exact) mass is 220 g/mol. The molecule has 0 aromatic carbocycles. The van der Waals surface area contributed by atoms with Crippen LogP contribution in [0.5, 0.6) is 5.75 Å². The van der Waals surface area contributed by atoms with Crippen molar-refractivity contribution in [2.24, 2.45) is 4.99 Å². The highest BCUT2D eigenvalue weighted by Gasteiger charge is 2.10. The van der Waals surface area contributed by atoms with Crippen molar-refractivity contribution >= 4 is 11.7 Å². The van der Waals surface area contributed by atoms with Gasteiger partial charge < -0.3 is 4.74 Å². The molecular weight excluding hydrogens is 202 g/mol. The molecule has 0 atom stereocenters. The van der Waals surface area contributed by atoms with Gasteiger partial charge in [-0.3, -0.25) is 4.99 Å². The van der Waals surface area contributed by atoms with E-state index in [9.17, 15) is 0 Å². The van der Waals surface area contributed by atoms with Gasteiger partial charge in [0, 0.05) is 19.0 Å². The third kappa shape index (κ3) is 2.95. The molecule has 0 unspecified atom stereocenters. The van der Waals surface area contributed by atoms with Crippen LogP contribution in [0.3, 0.4) is 0 Å². The normalized spacial score (nSPS) is 16.2. The van der Waals surface area contributed by atoms with E-state index in [0.29, 0.717) is 0 Å². The lowest BCUT2D eigenvalue weighted by molar-refractivity contribution is -0.361. The summed E-state index contributed by atoms with van der Waals surface area (Å²) in [6, 6.07) is 3.89. The van der Waals surface area contributed by atoms with Crippen LogP contribution in [0.4, 0.5) is 5.82 Å². The van der Waals surface area contributed by atoms with E-state index < -0.39 is 0 Å². The lowest BCUT2D eigenvalue weighted by atomic mass is 10.2. The predicted octanol–water partition coefficient (Wildman–Crippen LogP) is 1.89. The predicted molar refractivity (Wildman–Crippen MR) is 63.9 cm³/mol. The third-order valence-electron chi connectivity index (χ3n) is 2.67. The molecule has 4 heteroatoms. The van der Waals surface area contributed by atoms with Crippen LogP contribution in [0.15, 0.2) is 23.3 Å². The molecular formula is C12H18N3O+. The Morgan fingerprint density at radius 1 is 1.31 bits per heavy atom. The zero-order chi connectivity index (χ0) is 11.2. The number of H-pyrrole nitrogens is 1. The number of nitrogens with zero attached hydrogens (tertiary/aromatic N) is 1. The fourth-order valence-electron chi connectivity index (χ4n) is 1.75. The first-order valence-electron chi connectivity index (χ1n) is 5.74. The van der Waals surface area contributed by atoms with Gasteiger partial charge in [-0.1, -0.05) is 6.42 Å². The molecule has 16 heavy (non-hydrogen) atoms. The van der Waals surface area contributed by atoms with Crippen LogP contribution >= 0.6 is 0 Å². The van der Waals surface area contributed by atoms with Crippen molar-refractivity contribution in [2.75, 3.05) is 19.0 Å². The van der Waals surface area contributed by atoms with E-state index in [1.807, 2.05) is 18.3 Å². The van der Waals surface area contributed by atoms with Gasteiger partial charge >= 0.3 is 0 Å². The first kappa shape index (κ1) is 10.9. The summed E-state index contributed by atoms with van der Waals surface area (Å²) in [4.78, 5) is 7.65. The Morgan fingerprint density at radius 2 is 2.25 bits per heavy atom. The first-order chi connectivity index (χ1) is 7.88. The largest absolute Gasteiger partial charge is 0.493 e. The second-order valence-corrected chi connectivity index (χ2v) is 3.91. The van der Waals surface area contributed by atoms with Crippen LogP contribution in [0.25, 0.3) is 0 Å². The van der Waals surface area contributed by atoms with Crippen molar-refractivity contribution in [2.45, 2.75) is 25.7 Å². The number of hydrogen-bond donors (Lipinski definition) is 1. The average molecular weight is 220 g/mol. The van der Waals surface area contributed by atoms with Crippen LogP contribution in [0, 0.1) is 0 Å². The second-order valence-electron chi connectivity index (χ2n) is 3.91. The molecule has 1 aromatic rings. The summed E-state index contributed by atoms with van der Waals surface area (Å²) in [5.74, 6) is 2.87. The minimum atomic E-state index is 0.827. The number of amidine groups is 1. The van der Waals surface area contributed by atoms with Gasteiger partial charge in [0.15, 0.2) is 11.6 Å². The summed E-state index contributed by atoms with van der Waals surface area (Å²) in [5.41, 5.74) is 0. The van der Waals surface area contributed by atoms with E-state index in [1.165, 1.54) is 19.3 Å². The molecule has 0 saturated carbocycles. The van der Waals surface area contributed by atoms with Crippen LogP contribution in [0.2, 0.25) is 0 Å². The molecule has 86 valence electrons. The number of rotatable bonds is 2. The summed E-state index contributed by atoms with van der Waals surface area (Å²) in [6.45, 7) is 0.943. The van der Waals surface area contributed by atoms with E-state index in [0.717, 1.165) is 30.4 Å². The number of pyridine rings is 1. The number of aromatic nitrogens is 1. The van der Waals surface area contributed by atoms with Crippen molar-refractivity contribution in [1.82, 2.24) is 0 Å². The van der Waals surface area contributed by atoms with Crippen molar-refractivity contribution in [3.63, 3.8) is 0 Å². The van der Waals surface area contributed by atoms with Gasteiger partial charge in [0.05, 0.1) is 7.11 Å². The second kappa shape index (κ2) is 5.49. The van der Waals surface area contributed by atoms with Gasteiger partial charge in [-0.25, -0.2) is 10.3 Å². The van der Waals surface area contributed by atoms with Gasteiger partial charge in [-0.05, 0) is 18.9 Å². The number of hydrogen-bond acceptors (Lipinski definition) is 3. The summed E-state index contributed by atoms with van der Waals surface area (Å²) >= 11 is 0. The van der Waals surface area contributed by atoms with Crippen molar-refractivity contribution < 1.29 is 9.72 Å². The van der Waals surface area contributed by atoms with E-state index >= 15 is 0 Å². The molecule has 0 saturated heterocycles.